The number of benzene rings is 1. The highest BCUT2D eigenvalue weighted by molar-refractivity contribution is 5.76. The summed E-state index contributed by atoms with van der Waals surface area (Å²) in [5.41, 5.74) is 1.22. The molecular formula is C21H32N2O2. The van der Waals surface area contributed by atoms with E-state index in [2.05, 4.69) is 29.3 Å². The zero-order valence-corrected chi connectivity index (χ0v) is 15.5. The Morgan fingerprint density at radius 3 is 2.52 bits per heavy atom. The molecule has 1 aromatic rings. The van der Waals surface area contributed by atoms with Gasteiger partial charge >= 0.3 is 0 Å². The summed E-state index contributed by atoms with van der Waals surface area (Å²) in [5, 5.41) is 3.41. The van der Waals surface area contributed by atoms with Crippen LogP contribution in [-0.2, 0) is 16.1 Å². The van der Waals surface area contributed by atoms with Gasteiger partial charge in [0, 0.05) is 19.5 Å². The van der Waals surface area contributed by atoms with E-state index in [9.17, 15) is 4.79 Å². The van der Waals surface area contributed by atoms with Gasteiger partial charge in [-0.25, -0.2) is 0 Å². The van der Waals surface area contributed by atoms with E-state index in [0.717, 1.165) is 39.0 Å². The van der Waals surface area contributed by atoms with Gasteiger partial charge in [-0.05, 0) is 56.2 Å². The quantitative estimate of drug-likeness (QED) is 0.861. The maximum atomic E-state index is 12.6. The summed E-state index contributed by atoms with van der Waals surface area (Å²) in [6, 6.07) is 10.3. The summed E-state index contributed by atoms with van der Waals surface area (Å²) >= 11 is 0. The van der Waals surface area contributed by atoms with Gasteiger partial charge in [0.05, 0.1) is 12.7 Å². The molecule has 1 atom stereocenters. The number of nitrogens with zero attached hydrogens (tertiary/aromatic N) is 1. The molecule has 0 radical (unpaired) electrons. The molecule has 1 aromatic carbocycles. The Morgan fingerprint density at radius 2 is 1.84 bits per heavy atom. The van der Waals surface area contributed by atoms with Crippen molar-refractivity contribution in [3.8, 4) is 0 Å². The zero-order chi connectivity index (χ0) is 17.5. The van der Waals surface area contributed by atoms with Crippen LogP contribution in [0.1, 0.15) is 44.6 Å². The summed E-state index contributed by atoms with van der Waals surface area (Å²) in [6.07, 6.45) is 5.33. The third-order valence-corrected chi connectivity index (χ3v) is 5.81. The lowest BCUT2D eigenvalue weighted by Gasteiger charge is -2.34. The predicted octanol–water partition coefficient (Wildman–Crippen LogP) is 3.22. The summed E-state index contributed by atoms with van der Waals surface area (Å²) in [7, 11) is 0. The summed E-state index contributed by atoms with van der Waals surface area (Å²) in [6.45, 7) is 6.82. The van der Waals surface area contributed by atoms with Crippen molar-refractivity contribution in [3.63, 3.8) is 0 Å². The Morgan fingerprint density at radius 1 is 1.16 bits per heavy atom. The van der Waals surface area contributed by atoms with Gasteiger partial charge in [-0.15, -0.1) is 0 Å². The van der Waals surface area contributed by atoms with Gasteiger partial charge in [-0.1, -0.05) is 37.3 Å². The normalized spacial score (nSPS) is 21.2. The van der Waals surface area contributed by atoms with Crippen LogP contribution >= 0.6 is 0 Å². The first-order valence-corrected chi connectivity index (χ1v) is 9.86. The fourth-order valence-corrected chi connectivity index (χ4v) is 4.04. The Labute approximate surface area is 151 Å². The smallest absolute Gasteiger partial charge is 0.222 e. The second-order valence-electron chi connectivity index (χ2n) is 7.65. The molecule has 2 saturated heterocycles. The van der Waals surface area contributed by atoms with Crippen LogP contribution in [0.2, 0.25) is 0 Å². The van der Waals surface area contributed by atoms with Crippen molar-refractivity contribution >= 4 is 5.91 Å². The van der Waals surface area contributed by atoms with Gasteiger partial charge in [0.15, 0.2) is 0 Å². The van der Waals surface area contributed by atoms with Gasteiger partial charge in [0.2, 0.25) is 5.91 Å². The Bertz CT molecular complexity index is 520. The fraction of sp³-hybridized carbons (Fsp3) is 0.667. The molecule has 1 N–H and O–H groups in total. The van der Waals surface area contributed by atoms with Crippen LogP contribution in [0.15, 0.2) is 30.3 Å². The Kier molecular flexibility index (Phi) is 6.88. The van der Waals surface area contributed by atoms with Gasteiger partial charge in [-0.3, -0.25) is 4.79 Å². The van der Waals surface area contributed by atoms with Crippen molar-refractivity contribution in [1.29, 1.82) is 0 Å². The van der Waals surface area contributed by atoms with E-state index in [4.69, 9.17) is 4.74 Å². The van der Waals surface area contributed by atoms with Gasteiger partial charge in [-0.2, -0.15) is 0 Å². The zero-order valence-electron chi connectivity index (χ0n) is 15.5. The van der Waals surface area contributed by atoms with Crippen molar-refractivity contribution in [3.05, 3.63) is 35.9 Å². The minimum absolute atomic E-state index is 0.283. The number of piperidine rings is 2. The molecular weight excluding hydrogens is 312 g/mol. The maximum Gasteiger partial charge on any atom is 0.222 e. The van der Waals surface area contributed by atoms with E-state index in [1.807, 2.05) is 18.2 Å². The molecule has 4 nitrogen and oxygen atoms in total. The topological polar surface area (TPSA) is 41.6 Å². The largest absolute Gasteiger partial charge is 0.373 e. The van der Waals surface area contributed by atoms with Crippen LogP contribution in [0.5, 0.6) is 0 Å². The van der Waals surface area contributed by atoms with Crippen molar-refractivity contribution in [2.24, 2.45) is 11.8 Å². The van der Waals surface area contributed by atoms with Crippen molar-refractivity contribution in [1.82, 2.24) is 10.2 Å². The molecule has 0 aliphatic carbocycles. The number of ether oxygens (including phenoxy) is 1. The number of likely N-dealkylation sites (tertiary alicyclic amines) is 1. The maximum absolute atomic E-state index is 12.6. The number of carbonyl (C=O) groups excluding carboxylic acids is 1. The Hall–Kier alpha value is -1.39. The minimum atomic E-state index is 0.283. The lowest BCUT2D eigenvalue weighted by atomic mass is 9.84. The molecule has 2 fully saturated rings. The molecule has 4 heteroatoms. The average molecular weight is 344 g/mol. The summed E-state index contributed by atoms with van der Waals surface area (Å²) in [4.78, 5) is 14.7. The van der Waals surface area contributed by atoms with E-state index < -0.39 is 0 Å². The number of amides is 1. The van der Waals surface area contributed by atoms with Crippen LogP contribution in [0.4, 0.5) is 0 Å². The SMILES string of the molecule is CC(CC(=O)N1CCC(OCc2ccccc2)CC1)C1CCNCC1. The fourth-order valence-electron chi connectivity index (χ4n) is 4.04. The highest BCUT2D eigenvalue weighted by atomic mass is 16.5. The lowest BCUT2D eigenvalue weighted by Crippen LogP contribution is -2.42. The third-order valence-electron chi connectivity index (χ3n) is 5.81. The van der Waals surface area contributed by atoms with Crippen LogP contribution in [0.3, 0.4) is 0 Å². The number of hydrogen-bond acceptors (Lipinski definition) is 3. The highest BCUT2D eigenvalue weighted by Gasteiger charge is 2.27. The van der Waals surface area contributed by atoms with E-state index in [0.29, 0.717) is 30.8 Å². The first-order valence-electron chi connectivity index (χ1n) is 9.86. The molecule has 25 heavy (non-hydrogen) atoms. The van der Waals surface area contributed by atoms with E-state index >= 15 is 0 Å². The van der Waals surface area contributed by atoms with Gasteiger partial charge < -0.3 is 15.0 Å². The first-order chi connectivity index (χ1) is 12.2. The number of carbonyl (C=O) groups is 1. The van der Waals surface area contributed by atoms with Crippen LogP contribution in [-0.4, -0.2) is 43.1 Å². The molecule has 138 valence electrons. The molecule has 0 saturated carbocycles. The Balaban J connectivity index is 1.37. The monoisotopic (exact) mass is 344 g/mol. The number of nitrogens with one attached hydrogen (secondary N) is 1. The van der Waals surface area contributed by atoms with E-state index in [-0.39, 0.29) is 6.10 Å². The summed E-state index contributed by atoms with van der Waals surface area (Å²) < 4.78 is 6.03. The number of hydrogen-bond donors (Lipinski definition) is 1. The second-order valence-corrected chi connectivity index (χ2v) is 7.65. The molecule has 1 unspecified atom stereocenters. The van der Waals surface area contributed by atoms with Crippen LogP contribution in [0.25, 0.3) is 0 Å². The predicted molar refractivity (Wildman–Crippen MR) is 100 cm³/mol. The molecule has 3 rings (SSSR count). The van der Waals surface area contributed by atoms with Gasteiger partial charge in [0.1, 0.15) is 0 Å². The highest BCUT2D eigenvalue weighted by Crippen LogP contribution is 2.26. The van der Waals surface area contributed by atoms with Crippen LogP contribution < -0.4 is 5.32 Å². The third kappa shape index (κ3) is 5.55. The van der Waals surface area contributed by atoms with Crippen molar-refractivity contribution in [2.45, 2.75) is 51.7 Å². The molecule has 0 spiro atoms. The van der Waals surface area contributed by atoms with E-state index in [1.165, 1.54) is 18.4 Å². The van der Waals surface area contributed by atoms with Crippen molar-refractivity contribution < 1.29 is 9.53 Å². The second kappa shape index (κ2) is 9.35. The molecule has 2 aliphatic heterocycles. The molecule has 0 bridgehead atoms. The summed E-state index contributed by atoms with van der Waals surface area (Å²) in [5.74, 6) is 1.55. The van der Waals surface area contributed by atoms with Gasteiger partial charge in [0.25, 0.3) is 0 Å². The standard InChI is InChI=1S/C21H32N2O2/c1-17(19-7-11-22-12-8-19)15-21(24)23-13-9-20(10-14-23)25-16-18-5-3-2-4-6-18/h2-6,17,19-20,22H,7-16H2,1H3. The first kappa shape index (κ1) is 18.4. The molecule has 0 aromatic heterocycles. The molecule has 2 aliphatic rings. The van der Waals surface area contributed by atoms with Crippen LogP contribution in [0, 0.1) is 11.8 Å². The molecule has 1 amide bonds. The van der Waals surface area contributed by atoms with E-state index in [1.54, 1.807) is 0 Å². The number of rotatable bonds is 6. The minimum Gasteiger partial charge on any atom is -0.373 e. The average Bonchev–Trinajstić information content (AvgIpc) is 2.68. The lowest BCUT2D eigenvalue weighted by molar-refractivity contribution is -0.135. The van der Waals surface area contributed by atoms with Crippen molar-refractivity contribution in [2.75, 3.05) is 26.2 Å². The molecule has 2 heterocycles.